The van der Waals surface area contributed by atoms with E-state index in [1.54, 1.807) is 0 Å². The Morgan fingerprint density at radius 1 is 1.24 bits per heavy atom. The average molecular weight is 344 g/mol. The Balaban J connectivity index is 1.57. The summed E-state index contributed by atoms with van der Waals surface area (Å²) in [7, 11) is 0. The minimum Gasteiger partial charge on any atom is -0.444 e. The molecule has 1 saturated heterocycles. The summed E-state index contributed by atoms with van der Waals surface area (Å²) in [4.78, 5) is 17.1. The first-order valence-corrected chi connectivity index (χ1v) is 9.62. The van der Waals surface area contributed by atoms with Crippen molar-refractivity contribution in [1.29, 1.82) is 0 Å². The molecule has 0 N–H and O–H groups in total. The Morgan fingerprint density at radius 3 is 2.52 bits per heavy atom. The van der Waals surface area contributed by atoms with Gasteiger partial charge in [0.2, 0.25) is 0 Å². The molecule has 0 radical (unpaired) electrons. The van der Waals surface area contributed by atoms with E-state index in [4.69, 9.17) is 4.74 Å². The van der Waals surface area contributed by atoms with E-state index in [0.717, 1.165) is 38.9 Å². The molecular formula is C21H32N2O2. The molecule has 0 bridgehead atoms. The first kappa shape index (κ1) is 18.2. The quantitative estimate of drug-likeness (QED) is 0.790. The van der Waals surface area contributed by atoms with Crippen molar-refractivity contribution in [3.63, 3.8) is 0 Å². The number of hydrogen-bond acceptors (Lipinski definition) is 3. The van der Waals surface area contributed by atoms with Crippen LogP contribution in [0.15, 0.2) is 30.3 Å². The molecular weight excluding hydrogens is 312 g/mol. The van der Waals surface area contributed by atoms with E-state index in [1.165, 1.54) is 5.56 Å². The van der Waals surface area contributed by atoms with Gasteiger partial charge in [0.15, 0.2) is 0 Å². The number of benzene rings is 1. The summed E-state index contributed by atoms with van der Waals surface area (Å²) in [5.74, 6) is 0.541. The van der Waals surface area contributed by atoms with Crippen LogP contribution in [-0.4, -0.2) is 47.2 Å². The summed E-state index contributed by atoms with van der Waals surface area (Å²) in [6.07, 6.45) is 3.26. The average Bonchev–Trinajstić information content (AvgIpc) is 3.29. The van der Waals surface area contributed by atoms with Crippen molar-refractivity contribution in [3.8, 4) is 0 Å². The molecule has 1 aromatic rings. The van der Waals surface area contributed by atoms with Gasteiger partial charge in [-0.3, -0.25) is 4.90 Å². The Hall–Kier alpha value is -1.55. The summed E-state index contributed by atoms with van der Waals surface area (Å²) in [5, 5.41) is 0. The largest absolute Gasteiger partial charge is 0.444 e. The van der Waals surface area contributed by atoms with Gasteiger partial charge in [-0.05, 0) is 65.0 Å². The predicted molar refractivity (Wildman–Crippen MR) is 100 cm³/mol. The minimum absolute atomic E-state index is 0.135. The lowest BCUT2D eigenvalue weighted by molar-refractivity contribution is 0.0204. The van der Waals surface area contributed by atoms with Crippen LogP contribution >= 0.6 is 0 Å². The lowest BCUT2D eigenvalue weighted by atomic mass is 10.1. The molecule has 1 saturated carbocycles. The van der Waals surface area contributed by atoms with Crippen molar-refractivity contribution in [2.75, 3.05) is 19.6 Å². The van der Waals surface area contributed by atoms with Crippen LogP contribution < -0.4 is 0 Å². The molecule has 2 unspecified atom stereocenters. The fourth-order valence-corrected chi connectivity index (χ4v) is 3.66. The standard InChI is InChI=1S/C21H32N2O2/c1-16(18-8-6-5-7-9-18)22-13-12-17(14-22)15-23(19-10-11-19)20(24)25-21(2,3)4/h5-9,16-17,19H,10-15H2,1-4H3. The predicted octanol–water partition coefficient (Wildman–Crippen LogP) is 4.47. The van der Waals surface area contributed by atoms with E-state index in [0.29, 0.717) is 18.0 Å². The summed E-state index contributed by atoms with van der Waals surface area (Å²) >= 11 is 0. The lowest BCUT2D eigenvalue weighted by Crippen LogP contribution is -2.41. The molecule has 1 aliphatic carbocycles. The van der Waals surface area contributed by atoms with E-state index in [-0.39, 0.29) is 6.09 Å². The van der Waals surface area contributed by atoms with Crippen LogP contribution in [0.5, 0.6) is 0 Å². The number of rotatable bonds is 5. The van der Waals surface area contributed by atoms with Crippen molar-refractivity contribution < 1.29 is 9.53 Å². The summed E-state index contributed by atoms with van der Waals surface area (Å²) in [6.45, 7) is 11.1. The van der Waals surface area contributed by atoms with Crippen LogP contribution in [0.1, 0.15) is 58.6 Å². The van der Waals surface area contributed by atoms with Gasteiger partial charge in [-0.1, -0.05) is 30.3 Å². The normalized spacial score (nSPS) is 22.6. The van der Waals surface area contributed by atoms with E-state index in [9.17, 15) is 4.79 Å². The van der Waals surface area contributed by atoms with Gasteiger partial charge >= 0.3 is 6.09 Å². The minimum atomic E-state index is -0.423. The van der Waals surface area contributed by atoms with Crippen LogP contribution in [0.2, 0.25) is 0 Å². The van der Waals surface area contributed by atoms with Crippen molar-refractivity contribution in [1.82, 2.24) is 9.80 Å². The summed E-state index contributed by atoms with van der Waals surface area (Å²) in [6, 6.07) is 11.5. The van der Waals surface area contributed by atoms with E-state index in [1.807, 2.05) is 25.7 Å². The molecule has 3 rings (SSSR count). The van der Waals surface area contributed by atoms with E-state index >= 15 is 0 Å². The maximum Gasteiger partial charge on any atom is 0.410 e. The Morgan fingerprint density at radius 2 is 1.92 bits per heavy atom. The van der Waals surface area contributed by atoms with Gasteiger partial charge in [0, 0.05) is 25.2 Å². The third-order valence-electron chi connectivity index (χ3n) is 5.22. The Bertz CT molecular complexity index is 577. The SMILES string of the molecule is CC(c1ccccc1)N1CCC(CN(C(=O)OC(C)(C)C)C2CC2)C1. The van der Waals surface area contributed by atoms with Gasteiger partial charge in [-0.2, -0.15) is 0 Å². The van der Waals surface area contributed by atoms with Crippen molar-refractivity contribution >= 4 is 6.09 Å². The second-order valence-electron chi connectivity index (χ2n) is 8.60. The van der Waals surface area contributed by atoms with Crippen molar-refractivity contribution in [2.24, 2.45) is 5.92 Å². The second-order valence-corrected chi connectivity index (χ2v) is 8.60. The highest BCUT2D eigenvalue weighted by Crippen LogP contribution is 2.32. The number of nitrogens with zero attached hydrogens (tertiary/aromatic N) is 2. The highest BCUT2D eigenvalue weighted by Gasteiger charge is 2.38. The fourth-order valence-electron chi connectivity index (χ4n) is 3.66. The molecule has 0 aromatic heterocycles. The van der Waals surface area contributed by atoms with Gasteiger partial charge in [-0.25, -0.2) is 4.79 Å². The molecule has 1 aliphatic heterocycles. The molecule has 1 amide bonds. The number of ether oxygens (including phenoxy) is 1. The highest BCUT2D eigenvalue weighted by atomic mass is 16.6. The molecule has 138 valence electrons. The number of likely N-dealkylation sites (tertiary alicyclic amines) is 1. The van der Waals surface area contributed by atoms with Gasteiger partial charge < -0.3 is 9.64 Å². The summed E-state index contributed by atoms with van der Waals surface area (Å²) < 4.78 is 5.63. The molecule has 2 aliphatic rings. The zero-order valence-electron chi connectivity index (χ0n) is 16.1. The van der Waals surface area contributed by atoms with E-state index < -0.39 is 5.60 Å². The van der Waals surface area contributed by atoms with Gasteiger partial charge in [0.1, 0.15) is 5.60 Å². The lowest BCUT2D eigenvalue weighted by Gasteiger charge is -2.30. The van der Waals surface area contributed by atoms with Crippen LogP contribution in [0.3, 0.4) is 0 Å². The number of amides is 1. The fraction of sp³-hybridized carbons (Fsp3) is 0.667. The third kappa shape index (κ3) is 4.97. The Labute approximate surface area is 152 Å². The number of hydrogen-bond donors (Lipinski definition) is 0. The van der Waals surface area contributed by atoms with Gasteiger partial charge in [0.25, 0.3) is 0 Å². The molecule has 2 fully saturated rings. The molecule has 0 spiro atoms. The molecule has 2 atom stereocenters. The monoisotopic (exact) mass is 344 g/mol. The van der Waals surface area contributed by atoms with Crippen LogP contribution in [-0.2, 0) is 4.74 Å². The maximum atomic E-state index is 12.6. The van der Waals surface area contributed by atoms with Crippen LogP contribution in [0, 0.1) is 5.92 Å². The second kappa shape index (κ2) is 7.36. The molecule has 25 heavy (non-hydrogen) atoms. The van der Waals surface area contributed by atoms with Crippen LogP contribution in [0.4, 0.5) is 4.79 Å². The van der Waals surface area contributed by atoms with E-state index in [2.05, 4.69) is 42.2 Å². The first-order valence-electron chi connectivity index (χ1n) is 9.62. The zero-order chi connectivity index (χ0) is 18.0. The van der Waals surface area contributed by atoms with Crippen LogP contribution in [0.25, 0.3) is 0 Å². The first-order chi connectivity index (χ1) is 11.8. The highest BCUT2D eigenvalue weighted by molar-refractivity contribution is 5.69. The molecule has 4 nitrogen and oxygen atoms in total. The summed E-state index contributed by atoms with van der Waals surface area (Å²) in [5.41, 5.74) is 0.947. The number of carbonyl (C=O) groups excluding carboxylic acids is 1. The molecule has 1 heterocycles. The zero-order valence-corrected chi connectivity index (χ0v) is 16.1. The third-order valence-corrected chi connectivity index (χ3v) is 5.22. The smallest absolute Gasteiger partial charge is 0.410 e. The number of carbonyl (C=O) groups is 1. The van der Waals surface area contributed by atoms with Crippen molar-refractivity contribution in [3.05, 3.63) is 35.9 Å². The molecule has 4 heteroatoms. The van der Waals surface area contributed by atoms with Crippen molar-refractivity contribution in [2.45, 2.75) is 64.6 Å². The topological polar surface area (TPSA) is 32.8 Å². The van der Waals surface area contributed by atoms with Gasteiger partial charge in [-0.15, -0.1) is 0 Å². The van der Waals surface area contributed by atoms with Gasteiger partial charge in [0.05, 0.1) is 0 Å². The Kier molecular flexibility index (Phi) is 5.38. The maximum absolute atomic E-state index is 12.6. The molecule has 1 aromatic carbocycles.